The number of nitrogens with zero attached hydrogens (tertiary/aromatic N) is 2. The summed E-state index contributed by atoms with van der Waals surface area (Å²) in [6.45, 7) is 2.45. The molecule has 0 atom stereocenters. The molecule has 122 valence electrons. The first kappa shape index (κ1) is 17.2. The third-order valence-corrected chi connectivity index (χ3v) is 3.69. The van der Waals surface area contributed by atoms with Crippen molar-refractivity contribution in [2.45, 2.75) is 39.3 Å². The van der Waals surface area contributed by atoms with Gasteiger partial charge in [-0.25, -0.2) is 4.98 Å². The van der Waals surface area contributed by atoms with Gasteiger partial charge in [-0.05, 0) is 30.5 Å². The number of halogens is 1. The van der Waals surface area contributed by atoms with Crippen LogP contribution < -0.4 is 10.9 Å². The van der Waals surface area contributed by atoms with Crippen LogP contribution in [-0.2, 0) is 24.3 Å². The number of hydrogen-bond acceptors (Lipinski definition) is 3. The van der Waals surface area contributed by atoms with Crippen LogP contribution in [0.2, 0.25) is 5.02 Å². The fourth-order valence-electron chi connectivity index (χ4n) is 2.09. The minimum absolute atomic E-state index is 0.0342. The molecule has 0 aliphatic carbocycles. The van der Waals surface area contributed by atoms with Gasteiger partial charge in [0.1, 0.15) is 6.54 Å². The number of carbonyl (C=O) groups is 1. The summed E-state index contributed by atoms with van der Waals surface area (Å²) in [5.74, 6) is -0.231. The third-order valence-electron chi connectivity index (χ3n) is 3.44. The summed E-state index contributed by atoms with van der Waals surface area (Å²) in [5.41, 5.74) is 1.52. The lowest BCUT2D eigenvalue weighted by Crippen LogP contribution is -2.32. The highest BCUT2D eigenvalue weighted by Gasteiger charge is 2.06. The van der Waals surface area contributed by atoms with Crippen LogP contribution in [0.25, 0.3) is 0 Å². The first-order valence-electron chi connectivity index (χ1n) is 7.65. The molecule has 0 aliphatic heterocycles. The summed E-state index contributed by atoms with van der Waals surface area (Å²) in [7, 11) is 0. The molecule has 0 fully saturated rings. The number of amides is 1. The summed E-state index contributed by atoms with van der Waals surface area (Å²) < 4.78 is 1.31. The second kappa shape index (κ2) is 8.48. The number of benzene rings is 1. The Kier molecular flexibility index (Phi) is 6.35. The van der Waals surface area contributed by atoms with Crippen molar-refractivity contribution in [1.82, 2.24) is 14.9 Å². The van der Waals surface area contributed by atoms with Crippen LogP contribution in [0.3, 0.4) is 0 Å². The van der Waals surface area contributed by atoms with Crippen molar-refractivity contribution in [2.75, 3.05) is 0 Å². The topological polar surface area (TPSA) is 64.0 Å². The molecule has 0 saturated carbocycles. The quantitative estimate of drug-likeness (QED) is 0.847. The van der Waals surface area contributed by atoms with E-state index >= 15 is 0 Å². The largest absolute Gasteiger partial charge is 0.350 e. The minimum Gasteiger partial charge on any atom is -0.350 e. The predicted molar refractivity (Wildman–Crippen MR) is 90.4 cm³/mol. The fourth-order valence-corrected chi connectivity index (χ4v) is 2.22. The van der Waals surface area contributed by atoms with Gasteiger partial charge < -0.3 is 5.32 Å². The molecule has 1 aromatic carbocycles. The maximum atomic E-state index is 12.0. The zero-order valence-corrected chi connectivity index (χ0v) is 13.8. The molecule has 0 spiro atoms. The van der Waals surface area contributed by atoms with Crippen LogP contribution >= 0.6 is 11.6 Å². The Bertz CT molecular complexity index is 711. The van der Waals surface area contributed by atoms with Gasteiger partial charge in [0.2, 0.25) is 5.91 Å². The molecule has 0 bridgehead atoms. The van der Waals surface area contributed by atoms with E-state index in [0.29, 0.717) is 11.6 Å². The Hall–Kier alpha value is -2.14. The van der Waals surface area contributed by atoms with E-state index in [1.54, 1.807) is 12.1 Å². The average molecular weight is 334 g/mol. The fraction of sp³-hybridized carbons (Fsp3) is 0.353. The van der Waals surface area contributed by atoms with E-state index in [1.165, 1.54) is 17.0 Å². The molecule has 1 N–H and O–H groups in total. The van der Waals surface area contributed by atoms with E-state index in [2.05, 4.69) is 17.2 Å². The lowest BCUT2D eigenvalue weighted by atomic mass is 10.2. The Morgan fingerprint density at radius 2 is 2.04 bits per heavy atom. The highest BCUT2D eigenvalue weighted by molar-refractivity contribution is 6.30. The summed E-state index contributed by atoms with van der Waals surface area (Å²) in [6.07, 6.45) is 4.28. The van der Waals surface area contributed by atoms with E-state index < -0.39 is 0 Å². The smallest absolute Gasteiger partial charge is 0.253 e. The number of aromatic nitrogens is 2. The lowest BCUT2D eigenvalue weighted by molar-refractivity contribution is -0.121. The number of nitrogens with one attached hydrogen (secondary N) is 1. The number of hydrogen-bond donors (Lipinski definition) is 1. The predicted octanol–water partition coefficient (Wildman–Crippen LogP) is 2.56. The standard InChI is InChI=1S/C17H20ClN3O2/c1-2-3-4-15-9-17(23)21(12-20-15)11-16(22)19-10-13-5-7-14(18)8-6-13/h5-9,12H,2-4,10-11H2,1H3,(H,19,22). The number of aryl methyl sites for hydroxylation is 1. The maximum Gasteiger partial charge on any atom is 0.253 e. The Labute approximate surface area is 140 Å². The van der Waals surface area contributed by atoms with Crippen LogP contribution in [0.15, 0.2) is 41.5 Å². The molecule has 0 saturated heterocycles. The van der Waals surface area contributed by atoms with E-state index in [4.69, 9.17) is 11.6 Å². The van der Waals surface area contributed by atoms with Gasteiger partial charge >= 0.3 is 0 Å². The molecule has 0 aliphatic rings. The first-order chi connectivity index (χ1) is 11.1. The van der Waals surface area contributed by atoms with Crippen LogP contribution in [-0.4, -0.2) is 15.5 Å². The monoisotopic (exact) mass is 333 g/mol. The summed E-state index contributed by atoms with van der Waals surface area (Å²) >= 11 is 5.81. The molecule has 1 heterocycles. The summed E-state index contributed by atoms with van der Waals surface area (Å²) in [6, 6.07) is 8.73. The van der Waals surface area contributed by atoms with Crippen molar-refractivity contribution in [3.05, 3.63) is 63.3 Å². The first-order valence-corrected chi connectivity index (χ1v) is 8.03. The second-order valence-electron chi connectivity index (χ2n) is 5.35. The SMILES string of the molecule is CCCCc1cc(=O)n(CC(=O)NCc2ccc(Cl)cc2)cn1. The average Bonchev–Trinajstić information content (AvgIpc) is 2.54. The van der Waals surface area contributed by atoms with Gasteiger partial charge in [0.15, 0.2) is 0 Å². The van der Waals surface area contributed by atoms with Gasteiger partial charge in [-0.15, -0.1) is 0 Å². The zero-order chi connectivity index (χ0) is 16.7. The summed E-state index contributed by atoms with van der Waals surface area (Å²) in [4.78, 5) is 28.1. The van der Waals surface area contributed by atoms with Crippen LogP contribution in [0.5, 0.6) is 0 Å². The Morgan fingerprint density at radius 1 is 1.30 bits per heavy atom. The maximum absolute atomic E-state index is 12.0. The van der Waals surface area contributed by atoms with Crippen molar-refractivity contribution < 1.29 is 4.79 Å². The van der Waals surface area contributed by atoms with Gasteiger partial charge in [0, 0.05) is 23.3 Å². The molecule has 2 rings (SSSR count). The van der Waals surface area contributed by atoms with E-state index in [0.717, 1.165) is 30.5 Å². The van der Waals surface area contributed by atoms with E-state index in [1.807, 2.05) is 12.1 Å². The molecular formula is C17H20ClN3O2. The molecule has 23 heavy (non-hydrogen) atoms. The third kappa shape index (κ3) is 5.53. The van der Waals surface area contributed by atoms with Gasteiger partial charge in [-0.3, -0.25) is 14.2 Å². The molecule has 2 aromatic rings. The Balaban J connectivity index is 1.89. The second-order valence-corrected chi connectivity index (χ2v) is 5.79. The number of rotatable bonds is 7. The van der Waals surface area contributed by atoms with Crippen LogP contribution in [0, 0.1) is 0 Å². The van der Waals surface area contributed by atoms with Crippen molar-refractivity contribution >= 4 is 17.5 Å². The molecule has 0 radical (unpaired) electrons. The molecule has 1 aromatic heterocycles. The summed E-state index contributed by atoms with van der Waals surface area (Å²) in [5, 5.41) is 3.43. The number of unbranched alkanes of at least 4 members (excludes halogenated alkanes) is 1. The van der Waals surface area contributed by atoms with Crippen molar-refractivity contribution in [2.24, 2.45) is 0 Å². The van der Waals surface area contributed by atoms with E-state index in [9.17, 15) is 9.59 Å². The van der Waals surface area contributed by atoms with Gasteiger partial charge in [0.25, 0.3) is 5.56 Å². The Morgan fingerprint density at radius 3 is 2.70 bits per heavy atom. The zero-order valence-electron chi connectivity index (χ0n) is 13.1. The van der Waals surface area contributed by atoms with E-state index in [-0.39, 0.29) is 18.0 Å². The molecule has 5 nitrogen and oxygen atoms in total. The van der Waals surface area contributed by atoms with Crippen molar-refractivity contribution in [1.29, 1.82) is 0 Å². The lowest BCUT2D eigenvalue weighted by Gasteiger charge is -2.08. The molecule has 6 heteroatoms. The highest BCUT2D eigenvalue weighted by Crippen LogP contribution is 2.09. The molecular weight excluding hydrogens is 314 g/mol. The number of carbonyl (C=O) groups excluding carboxylic acids is 1. The van der Waals surface area contributed by atoms with Crippen LogP contribution in [0.4, 0.5) is 0 Å². The molecule has 0 unspecified atom stereocenters. The van der Waals surface area contributed by atoms with Crippen LogP contribution in [0.1, 0.15) is 31.0 Å². The van der Waals surface area contributed by atoms with Crippen molar-refractivity contribution in [3.63, 3.8) is 0 Å². The van der Waals surface area contributed by atoms with Gasteiger partial charge in [0.05, 0.1) is 6.33 Å². The van der Waals surface area contributed by atoms with Gasteiger partial charge in [-0.1, -0.05) is 37.1 Å². The van der Waals surface area contributed by atoms with Gasteiger partial charge in [-0.2, -0.15) is 0 Å². The molecule has 1 amide bonds. The highest BCUT2D eigenvalue weighted by atomic mass is 35.5. The van der Waals surface area contributed by atoms with Crippen molar-refractivity contribution in [3.8, 4) is 0 Å². The normalized spacial score (nSPS) is 10.5. The minimum atomic E-state index is -0.231.